The number of hydrogen-bond donors (Lipinski definition) is 0. The van der Waals surface area contributed by atoms with E-state index < -0.39 is 0 Å². The Kier molecular flexibility index (Phi) is 8.18. The SMILES string of the molecule is COc1cccc(CN2CCC[C@@H](CCC(=O)N3CCN(Cc4ccccc4)CC3)C2)c1. The van der Waals surface area contributed by atoms with Crippen molar-refractivity contribution in [3.05, 3.63) is 65.7 Å². The van der Waals surface area contributed by atoms with Crippen molar-refractivity contribution < 1.29 is 9.53 Å². The number of carbonyl (C=O) groups excluding carboxylic acids is 1. The highest BCUT2D eigenvalue weighted by Gasteiger charge is 2.24. The van der Waals surface area contributed by atoms with E-state index in [0.29, 0.717) is 18.2 Å². The van der Waals surface area contributed by atoms with Crippen LogP contribution in [0.3, 0.4) is 0 Å². The lowest BCUT2D eigenvalue weighted by Crippen LogP contribution is -2.48. The van der Waals surface area contributed by atoms with Crippen LogP contribution in [-0.4, -0.2) is 67.0 Å². The molecule has 0 aromatic heterocycles. The molecule has 2 heterocycles. The summed E-state index contributed by atoms with van der Waals surface area (Å²) in [4.78, 5) is 19.9. The van der Waals surface area contributed by atoms with E-state index in [2.05, 4.69) is 63.2 Å². The predicted octanol–water partition coefficient (Wildman–Crippen LogP) is 4.03. The first-order valence-corrected chi connectivity index (χ1v) is 12.1. The third-order valence-corrected chi connectivity index (χ3v) is 6.88. The van der Waals surface area contributed by atoms with E-state index in [1.54, 1.807) is 7.11 Å². The van der Waals surface area contributed by atoms with Gasteiger partial charge in [-0.1, -0.05) is 42.5 Å². The second kappa shape index (κ2) is 11.5. The highest BCUT2D eigenvalue weighted by molar-refractivity contribution is 5.76. The van der Waals surface area contributed by atoms with Crippen molar-refractivity contribution >= 4 is 5.91 Å². The molecule has 32 heavy (non-hydrogen) atoms. The van der Waals surface area contributed by atoms with Crippen LogP contribution in [0.1, 0.15) is 36.8 Å². The average Bonchev–Trinajstić information content (AvgIpc) is 2.84. The van der Waals surface area contributed by atoms with E-state index in [4.69, 9.17) is 4.74 Å². The fourth-order valence-corrected chi connectivity index (χ4v) is 5.04. The fourth-order valence-electron chi connectivity index (χ4n) is 5.04. The van der Waals surface area contributed by atoms with Gasteiger partial charge in [-0.25, -0.2) is 0 Å². The zero-order valence-corrected chi connectivity index (χ0v) is 19.4. The van der Waals surface area contributed by atoms with Crippen LogP contribution in [-0.2, 0) is 17.9 Å². The highest BCUT2D eigenvalue weighted by Crippen LogP contribution is 2.24. The first kappa shape index (κ1) is 22.8. The molecule has 1 atom stereocenters. The van der Waals surface area contributed by atoms with Gasteiger partial charge in [0.15, 0.2) is 0 Å². The van der Waals surface area contributed by atoms with Crippen LogP contribution < -0.4 is 4.74 Å². The maximum Gasteiger partial charge on any atom is 0.222 e. The Balaban J connectivity index is 1.18. The Hall–Kier alpha value is -2.37. The third kappa shape index (κ3) is 6.57. The van der Waals surface area contributed by atoms with Crippen molar-refractivity contribution in [2.24, 2.45) is 5.92 Å². The number of amides is 1. The van der Waals surface area contributed by atoms with Crippen LogP contribution in [0.5, 0.6) is 5.75 Å². The second-order valence-corrected chi connectivity index (χ2v) is 9.28. The molecule has 0 bridgehead atoms. The first-order chi connectivity index (χ1) is 15.7. The van der Waals surface area contributed by atoms with Crippen molar-refractivity contribution in [2.75, 3.05) is 46.4 Å². The van der Waals surface area contributed by atoms with Gasteiger partial charge in [-0.05, 0) is 55.0 Å². The van der Waals surface area contributed by atoms with Crippen LogP contribution in [0, 0.1) is 5.92 Å². The molecule has 2 fully saturated rings. The molecule has 5 heteroatoms. The standard InChI is InChI=1S/C27H37N3O2/c1-32-26-11-5-9-25(19-26)22-29-14-6-10-24(21-29)12-13-27(31)30-17-15-28(16-18-30)20-23-7-3-2-4-8-23/h2-5,7-9,11,19,24H,6,10,12-18,20-22H2,1H3/t24-/m0/s1. The molecule has 0 saturated carbocycles. The van der Waals surface area contributed by atoms with Crippen molar-refractivity contribution in [3.8, 4) is 5.75 Å². The Bertz CT molecular complexity index is 849. The van der Waals surface area contributed by atoms with E-state index in [9.17, 15) is 4.79 Å². The van der Waals surface area contributed by atoms with Gasteiger partial charge >= 0.3 is 0 Å². The summed E-state index contributed by atoms with van der Waals surface area (Å²) in [7, 11) is 1.72. The molecule has 0 spiro atoms. The van der Waals surface area contributed by atoms with E-state index in [1.165, 1.54) is 24.0 Å². The van der Waals surface area contributed by atoms with E-state index in [0.717, 1.165) is 64.5 Å². The maximum absolute atomic E-state index is 12.8. The van der Waals surface area contributed by atoms with Gasteiger partial charge in [0.1, 0.15) is 5.75 Å². The van der Waals surface area contributed by atoms with Gasteiger partial charge in [0, 0.05) is 52.2 Å². The number of methoxy groups -OCH3 is 1. The van der Waals surface area contributed by atoms with E-state index in [-0.39, 0.29) is 0 Å². The molecule has 2 saturated heterocycles. The Labute approximate surface area is 193 Å². The lowest BCUT2D eigenvalue weighted by Gasteiger charge is -2.36. The summed E-state index contributed by atoms with van der Waals surface area (Å²) < 4.78 is 5.36. The number of nitrogens with zero attached hydrogens (tertiary/aromatic N) is 3. The van der Waals surface area contributed by atoms with Crippen LogP contribution in [0.25, 0.3) is 0 Å². The number of carbonyl (C=O) groups is 1. The van der Waals surface area contributed by atoms with Crippen LogP contribution in [0.4, 0.5) is 0 Å². The molecule has 0 radical (unpaired) electrons. The summed E-state index contributed by atoms with van der Waals surface area (Å²) in [5.41, 5.74) is 2.65. The van der Waals surface area contributed by atoms with E-state index >= 15 is 0 Å². The molecule has 1 amide bonds. The number of piperazine rings is 1. The smallest absolute Gasteiger partial charge is 0.222 e. The number of benzene rings is 2. The Morgan fingerprint density at radius 2 is 1.66 bits per heavy atom. The summed E-state index contributed by atoms with van der Waals surface area (Å²) in [5.74, 6) is 1.89. The highest BCUT2D eigenvalue weighted by atomic mass is 16.5. The number of likely N-dealkylation sites (tertiary alicyclic amines) is 1. The number of ether oxygens (including phenoxy) is 1. The summed E-state index contributed by atoms with van der Waals surface area (Å²) in [6.07, 6.45) is 4.17. The summed E-state index contributed by atoms with van der Waals surface area (Å²) in [6, 6.07) is 19.0. The average molecular weight is 436 g/mol. The third-order valence-electron chi connectivity index (χ3n) is 6.88. The molecule has 4 rings (SSSR count). The molecule has 2 aromatic carbocycles. The van der Waals surface area contributed by atoms with Gasteiger partial charge in [-0.3, -0.25) is 14.6 Å². The van der Waals surface area contributed by atoms with Crippen molar-refractivity contribution in [3.63, 3.8) is 0 Å². The van der Waals surface area contributed by atoms with Crippen molar-refractivity contribution in [2.45, 2.75) is 38.8 Å². The van der Waals surface area contributed by atoms with E-state index in [1.807, 2.05) is 6.07 Å². The normalized spacial score (nSPS) is 20.3. The predicted molar refractivity (Wildman–Crippen MR) is 129 cm³/mol. The molecule has 0 unspecified atom stereocenters. The molecule has 2 aliphatic rings. The molecular formula is C27H37N3O2. The number of rotatable bonds is 8. The second-order valence-electron chi connectivity index (χ2n) is 9.28. The van der Waals surface area contributed by atoms with Gasteiger partial charge in [0.05, 0.1) is 7.11 Å². The van der Waals surface area contributed by atoms with Gasteiger partial charge in [0.2, 0.25) is 5.91 Å². The Morgan fingerprint density at radius 1 is 0.906 bits per heavy atom. The van der Waals surface area contributed by atoms with Crippen LogP contribution in [0.15, 0.2) is 54.6 Å². The summed E-state index contributed by atoms with van der Waals surface area (Å²) >= 11 is 0. The minimum absolute atomic E-state index is 0.342. The van der Waals surface area contributed by atoms with Crippen molar-refractivity contribution in [1.29, 1.82) is 0 Å². The molecule has 0 aliphatic carbocycles. The quantitative estimate of drug-likeness (QED) is 0.627. The first-order valence-electron chi connectivity index (χ1n) is 12.1. The zero-order valence-electron chi connectivity index (χ0n) is 19.4. The van der Waals surface area contributed by atoms with Gasteiger partial charge < -0.3 is 9.64 Å². The number of piperidine rings is 1. The minimum Gasteiger partial charge on any atom is -0.497 e. The molecule has 2 aliphatic heterocycles. The largest absolute Gasteiger partial charge is 0.497 e. The molecule has 2 aromatic rings. The monoisotopic (exact) mass is 435 g/mol. The molecular weight excluding hydrogens is 398 g/mol. The fraction of sp³-hybridized carbons (Fsp3) is 0.519. The molecule has 0 N–H and O–H groups in total. The Morgan fingerprint density at radius 3 is 2.44 bits per heavy atom. The van der Waals surface area contributed by atoms with Crippen LogP contribution in [0.2, 0.25) is 0 Å². The maximum atomic E-state index is 12.8. The molecule has 5 nitrogen and oxygen atoms in total. The lowest BCUT2D eigenvalue weighted by molar-refractivity contribution is -0.133. The number of hydrogen-bond acceptors (Lipinski definition) is 4. The minimum atomic E-state index is 0.342. The van der Waals surface area contributed by atoms with Gasteiger partial charge in [-0.15, -0.1) is 0 Å². The van der Waals surface area contributed by atoms with Gasteiger partial charge in [0.25, 0.3) is 0 Å². The zero-order chi connectivity index (χ0) is 22.2. The van der Waals surface area contributed by atoms with Crippen LogP contribution >= 0.6 is 0 Å². The topological polar surface area (TPSA) is 36.0 Å². The van der Waals surface area contributed by atoms with Gasteiger partial charge in [-0.2, -0.15) is 0 Å². The van der Waals surface area contributed by atoms with Crippen molar-refractivity contribution in [1.82, 2.24) is 14.7 Å². The lowest BCUT2D eigenvalue weighted by atomic mass is 9.92. The molecule has 172 valence electrons. The summed E-state index contributed by atoms with van der Waals surface area (Å²) in [6.45, 7) is 7.84. The summed E-state index contributed by atoms with van der Waals surface area (Å²) in [5, 5.41) is 0.